The van der Waals surface area contributed by atoms with E-state index in [-0.39, 0.29) is 8.76 Å². The average molecular weight is 498 g/mol. The zero-order chi connectivity index (χ0) is 25.6. The van der Waals surface area contributed by atoms with Gasteiger partial charge in [0.2, 0.25) is 5.95 Å². The van der Waals surface area contributed by atoms with E-state index in [9.17, 15) is 4.79 Å². The molecule has 0 atom stereocenters. The van der Waals surface area contributed by atoms with Crippen LogP contribution < -0.4 is 10.6 Å². The van der Waals surface area contributed by atoms with E-state index in [1.165, 1.54) is 5.56 Å². The molecule has 1 fully saturated rings. The van der Waals surface area contributed by atoms with Gasteiger partial charge in [0.05, 0.1) is 5.69 Å². The SMILES string of the molecule is Cc1ccc(NC(=O)c2ccc(CN3CCN(C)CC3)cc2)cc1Nc1nccc(-c2cccnc2)n1.[HH].[HH]. The molecule has 37 heavy (non-hydrogen) atoms. The Hall–Kier alpha value is -4.14. The topological polar surface area (TPSA) is 86.3 Å². The van der Waals surface area contributed by atoms with E-state index in [0.29, 0.717) is 17.2 Å². The summed E-state index contributed by atoms with van der Waals surface area (Å²) in [5.74, 6) is 0.333. The molecular weight excluding hydrogens is 462 g/mol. The highest BCUT2D eigenvalue weighted by Gasteiger charge is 2.14. The minimum Gasteiger partial charge on any atom is -0.324 e. The van der Waals surface area contributed by atoms with Crippen molar-refractivity contribution < 1.29 is 7.65 Å². The van der Waals surface area contributed by atoms with Gasteiger partial charge in [-0.25, -0.2) is 9.97 Å². The first-order valence-electron chi connectivity index (χ1n) is 12.5. The second kappa shape index (κ2) is 11.3. The van der Waals surface area contributed by atoms with Crippen LogP contribution in [-0.2, 0) is 6.54 Å². The molecule has 1 amide bonds. The van der Waals surface area contributed by atoms with Crippen molar-refractivity contribution in [2.75, 3.05) is 43.9 Å². The molecular formula is C29H35N7O. The Balaban J connectivity index is 0.00000210. The normalized spacial score (nSPS) is 14.3. The third-order valence-corrected chi connectivity index (χ3v) is 6.57. The number of hydrogen-bond donors (Lipinski definition) is 2. The number of nitrogens with zero attached hydrogens (tertiary/aromatic N) is 5. The average Bonchev–Trinajstić information content (AvgIpc) is 2.93. The monoisotopic (exact) mass is 497 g/mol. The molecule has 5 rings (SSSR count). The molecule has 0 saturated carbocycles. The van der Waals surface area contributed by atoms with Gasteiger partial charge in [-0.3, -0.25) is 14.7 Å². The Bertz CT molecular complexity index is 1360. The van der Waals surface area contributed by atoms with Crippen LogP contribution >= 0.6 is 0 Å². The van der Waals surface area contributed by atoms with Crippen LogP contribution in [0, 0.1) is 6.92 Å². The van der Waals surface area contributed by atoms with Crippen LogP contribution in [0.1, 0.15) is 24.3 Å². The van der Waals surface area contributed by atoms with Crippen LogP contribution in [0.25, 0.3) is 11.3 Å². The van der Waals surface area contributed by atoms with Gasteiger partial charge in [-0.05, 0) is 67.6 Å². The van der Waals surface area contributed by atoms with E-state index in [2.05, 4.69) is 42.4 Å². The number of hydrogen-bond acceptors (Lipinski definition) is 7. The van der Waals surface area contributed by atoms with Crippen molar-refractivity contribution in [3.63, 3.8) is 0 Å². The maximum absolute atomic E-state index is 12.9. The largest absolute Gasteiger partial charge is 0.324 e. The predicted octanol–water partition coefficient (Wildman–Crippen LogP) is 5.08. The quantitative estimate of drug-likeness (QED) is 0.368. The van der Waals surface area contributed by atoms with Gasteiger partial charge in [0.15, 0.2) is 0 Å². The molecule has 4 aromatic rings. The van der Waals surface area contributed by atoms with Crippen molar-refractivity contribution in [1.82, 2.24) is 24.8 Å². The van der Waals surface area contributed by atoms with Crippen LogP contribution in [0.5, 0.6) is 0 Å². The van der Waals surface area contributed by atoms with Crippen LogP contribution in [-0.4, -0.2) is 63.9 Å². The molecule has 2 aromatic heterocycles. The fourth-order valence-electron chi connectivity index (χ4n) is 4.28. The summed E-state index contributed by atoms with van der Waals surface area (Å²) in [6.07, 6.45) is 5.22. The lowest BCUT2D eigenvalue weighted by molar-refractivity contribution is 0.102. The van der Waals surface area contributed by atoms with Crippen LogP contribution in [0.3, 0.4) is 0 Å². The number of rotatable bonds is 7. The molecule has 1 aliphatic rings. The first-order chi connectivity index (χ1) is 18.0. The van der Waals surface area contributed by atoms with Crippen LogP contribution in [0.4, 0.5) is 17.3 Å². The Kier molecular flexibility index (Phi) is 7.49. The van der Waals surface area contributed by atoms with E-state index in [1.807, 2.05) is 67.6 Å². The zero-order valence-corrected chi connectivity index (χ0v) is 21.2. The van der Waals surface area contributed by atoms with Gasteiger partial charge in [0, 0.05) is 76.7 Å². The predicted molar refractivity (Wildman–Crippen MR) is 151 cm³/mol. The van der Waals surface area contributed by atoms with Crippen molar-refractivity contribution >= 4 is 23.2 Å². The number of benzene rings is 2. The summed E-state index contributed by atoms with van der Waals surface area (Å²) in [7, 11) is 2.16. The Labute approximate surface area is 220 Å². The Morgan fingerprint density at radius 2 is 1.81 bits per heavy atom. The maximum atomic E-state index is 12.9. The summed E-state index contributed by atoms with van der Waals surface area (Å²) in [4.78, 5) is 30.9. The molecule has 0 spiro atoms. The summed E-state index contributed by atoms with van der Waals surface area (Å²) in [6.45, 7) is 7.24. The van der Waals surface area contributed by atoms with Gasteiger partial charge >= 0.3 is 0 Å². The number of pyridine rings is 1. The first kappa shape index (κ1) is 24.5. The van der Waals surface area contributed by atoms with E-state index >= 15 is 0 Å². The Morgan fingerprint density at radius 3 is 2.57 bits per heavy atom. The van der Waals surface area contributed by atoms with Crippen LogP contribution in [0.2, 0.25) is 0 Å². The second-order valence-corrected chi connectivity index (χ2v) is 9.39. The molecule has 3 heterocycles. The highest BCUT2D eigenvalue weighted by molar-refractivity contribution is 6.04. The minimum atomic E-state index is -0.143. The molecule has 0 radical (unpaired) electrons. The molecule has 0 bridgehead atoms. The van der Waals surface area contributed by atoms with E-state index in [1.54, 1.807) is 18.6 Å². The lowest BCUT2D eigenvalue weighted by atomic mass is 10.1. The van der Waals surface area contributed by atoms with E-state index in [4.69, 9.17) is 0 Å². The number of piperazine rings is 1. The van der Waals surface area contributed by atoms with Gasteiger partial charge in [-0.1, -0.05) is 18.2 Å². The first-order valence-corrected chi connectivity index (χ1v) is 12.5. The van der Waals surface area contributed by atoms with Crippen LogP contribution in [0.15, 0.2) is 79.3 Å². The van der Waals surface area contributed by atoms with Crippen molar-refractivity contribution in [2.45, 2.75) is 13.5 Å². The Morgan fingerprint density at radius 1 is 1.00 bits per heavy atom. The number of likely N-dealkylation sites (N-methyl/N-ethyl adjacent to an activating group) is 1. The highest BCUT2D eigenvalue weighted by atomic mass is 16.1. The summed E-state index contributed by atoms with van der Waals surface area (Å²) >= 11 is 0. The van der Waals surface area contributed by atoms with Gasteiger partial charge in [0.1, 0.15) is 0 Å². The molecule has 2 N–H and O–H groups in total. The molecule has 8 heteroatoms. The summed E-state index contributed by atoms with van der Waals surface area (Å²) in [6, 6.07) is 19.3. The third kappa shape index (κ3) is 6.35. The molecule has 8 nitrogen and oxygen atoms in total. The number of anilines is 3. The van der Waals surface area contributed by atoms with Crippen molar-refractivity contribution in [2.24, 2.45) is 0 Å². The van der Waals surface area contributed by atoms with Crippen molar-refractivity contribution in [3.8, 4) is 11.3 Å². The number of carbonyl (C=O) groups is 1. The molecule has 0 aliphatic carbocycles. The fourth-order valence-corrected chi connectivity index (χ4v) is 4.28. The smallest absolute Gasteiger partial charge is 0.255 e. The number of carbonyl (C=O) groups excluding carboxylic acids is 1. The highest BCUT2D eigenvalue weighted by Crippen LogP contribution is 2.24. The fraction of sp³-hybridized carbons (Fsp3) is 0.241. The minimum absolute atomic E-state index is 0. The van der Waals surface area contributed by atoms with Crippen molar-refractivity contribution in [1.29, 1.82) is 0 Å². The van der Waals surface area contributed by atoms with Gasteiger partial charge in [-0.2, -0.15) is 0 Å². The number of aryl methyl sites for hydroxylation is 1. The second-order valence-electron chi connectivity index (χ2n) is 9.39. The molecule has 1 saturated heterocycles. The molecule has 1 aliphatic heterocycles. The number of amides is 1. The summed E-state index contributed by atoms with van der Waals surface area (Å²) in [5, 5.41) is 6.29. The molecule has 2 aromatic carbocycles. The van der Waals surface area contributed by atoms with E-state index < -0.39 is 0 Å². The standard InChI is InChI=1S/C29H31N7O.2H2/c1-21-5-10-25(18-27(21)34-29-31-13-11-26(33-29)24-4-3-12-30-19-24)32-28(37)23-8-6-22(7-9-23)20-36-16-14-35(2)15-17-36;;/h3-13,18-19H,14-17,20H2,1-2H3,(H,32,37)(H,31,33,34);2*1H. The van der Waals surface area contributed by atoms with Gasteiger partial charge < -0.3 is 15.5 Å². The zero-order valence-electron chi connectivity index (χ0n) is 21.2. The molecule has 0 unspecified atom stereocenters. The maximum Gasteiger partial charge on any atom is 0.255 e. The lowest BCUT2D eigenvalue weighted by Gasteiger charge is -2.32. The van der Waals surface area contributed by atoms with Gasteiger partial charge in [0.25, 0.3) is 5.91 Å². The lowest BCUT2D eigenvalue weighted by Crippen LogP contribution is -2.43. The van der Waals surface area contributed by atoms with Crippen molar-refractivity contribution in [3.05, 3.63) is 95.9 Å². The number of aromatic nitrogens is 3. The third-order valence-electron chi connectivity index (χ3n) is 6.57. The number of nitrogens with one attached hydrogen (secondary N) is 2. The van der Waals surface area contributed by atoms with E-state index in [0.717, 1.165) is 55.2 Å². The molecule has 192 valence electrons. The summed E-state index contributed by atoms with van der Waals surface area (Å²) in [5.41, 5.74) is 6.08. The van der Waals surface area contributed by atoms with Gasteiger partial charge in [-0.15, -0.1) is 0 Å². The summed E-state index contributed by atoms with van der Waals surface area (Å²) < 4.78 is 0.